The molecular weight excluding hydrogens is 236 g/mol. The van der Waals surface area contributed by atoms with Crippen LogP contribution in [0.4, 0.5) is 0 Å². The summed E-state index contributed by atoms with van der Waals surface area (Å²) in [6.07, 6.45) is 4.08. The van der Waals surface area contributed by atoms with Gasteiger partial charge in [-0.2, -0.15) is 0 Å². The van der Waals surface area contributed by atoms with E-state index in [1.54, 1.807) is 7.11 Å². The van der Waals surface area contributed by atoms with Gasteiger partial charge in [-0.05, 0) is 58.0 Å². The molecule has 0 heterocycles. The first-order chi connectivity index (χ1) is 8.99. The van der Waals surface area contributed by atoms with Gasteiger partial charge in [0.25, 0.3) is 0 Å². The summed E-state index contributed by atoms with van der Waals surface area (Å²) >= 11 is 0. The average Bonchev–Trinajstić information content (AvgIpc) is 2.38. The quantitative estimate of drug-likeness (QED) is 0.769. The number of methoxy groups -OCH3 is 1. The second-order valence-corrected chi connectivity index (χ2v) is 6.72. The Morgan fingerprint density at radius 2 is 1.95 bits per heavy atom. The zero-order valence-corrected chi connectivity index (χ0v) is 13.8. The van der Waals surface area contributed by atoms with Crippen molar-refractivity contribution in [3.05, 3.63) is 0 Å². The Morgan fingerprint density at radius 3 is 2.47 bits per heavy atom. The van der Waals surface area contributed by atoms with E-state index in [1.165, 1.54) is 25.8 Å². The third kappa shape index (κ3) is 5.05. The van der Waals surface area contributed by atoms with Crippen molar-refractivity contribution < 1.29 is 4.74 Å². The Morgan fingerprint density at radius 1 is 1.26 bits per heavy atom. The van der Waals surface area contributed by atoms with Crippen LogP contribution in [0, 0.1) is 17.8 Å². The molecule has 19 heavy (non-hydrogen) atoms. The molecule has 1 saturated carbocycles. The molecule has 0 radical (unpaired) electrons. The molecule has 1 aliphatic rings. The summed E-state index contributed by atoms with van der Waals surface area (Å²) in [7, 11) is 6.14. The number of ether oxygens (including phenoxy) is 1. The normalized spacial score (nSPS) is 30.0. The van der Waals surface area contributed by atoms with Gasteiger partial charge >= 0.3 is 0 Å². The fourth-order valence-electron chi connectivity index (χ4n) is 3.41. The minimum Gasteiger partial charge on any atom is -0.383 e. The van der Waals surface area contributed by atoms with E-state index >= 15 is 0 Å². The second-order valence-electron chi connectivity index (χ2n) is 6.72. The highest BCUT2D eigenvalue weighted by Gasteiger charge is 2.32. The van der Waals surface area contributed by atoms with E-state index < -0.39 is 0 Å². The summed E-state index contributed by atoms with van der Waals surface area (Å²) in [5, 5.41) is 3.53. The first-order valence-electron chi connectivity index (χ1n) is 7.86. The number of nitrogens with one attached hydrogen (secondary N) is 1. The van der Waals surface area contributed by atoms with E-state index in [9.17, 15) is 0 Å². The van der Waals surface area contributed by atoms with Gasteiger partial charge in [-0.15, -0.1) is 0 Å². The molecule has 0 aromatic rings. The van der Waals surface area contributed by atoms with Gasteiger partial charge in [0.1, 0.15) is 0 Å². The number of hydrogen-bond donors (Lipinski definition) is 1. The lowest BCUT2D eigenvalue weighted by atomic mass is 9.73. The summed E-state index contributed by atoms with van der Waals surface area (Å²) in [4.78, 5) is 2.46. The fraction of sp³-hybridized carbons (Fsp3) is 1.00. The lowest BCUT2D eigenvalue weighted by Gasteiger charge is -2.40. The maximum atomic E-state index is 5.27. The van der Waals surface area contributed by atoms with Crippen LogP contribution in [-0.2, 0) is 4.74 Å². The van der Waals surface area contributed by atoms with Crippen LogP contribution in [-0.4, -0.2) is 51.3 Å². The molecule has 1 N–H and O–H groups in total. The smallest absolute Gasteiger partial charge is 0.0615 e. The molecule has 4 unspecified atom stereocenters. The third-order valence-corrected chi connectivity index (χ3v) is 5.02. The van der Waals surface area contributed by atoms with Gasteiger partial charge < -0.3 is 15.0 Å². The van der Waals surface area contributed by atoms with Gasteiger partial charge in [-0.25, -0.2) is 0 Å². The lowest BCUT2D eigenvalue weighted by Crippen LogP contribution is -2.46. The van der Waals surface area contributed by atoms with Gasteiger partial charge in [-0.1, -0.05) is 13.8 Å². The molecule has 114 valence electrons. The molecule has 0 aliphatic heterocycles. The second kappa shape index (κ2) is 8.23. The van der Waals surface area contributed by atoms with Crippen molar-refractivity contribution in [1.82, 2.24) is 10.2 Å². The van der Waals surface area contributed by atoms with Crippen molar-refractivity contribution in [2.45, 2.75) is 52.1 Å². The van der Waals surface area contributed by atoms with E-state index in [4.69, 9.17) is 4.74 Å². The highest BCUT2D eigenvalue weighted by molar-refractivity contribution is 4.87. The number of nitrogens with zero attached hydrogens (tertiary/aromatic N) is 1. The minimum absolute atomic E-state index is 0.502. The largest absolute Gasteiger partial charge is 0.383 e. The first kappa shape index (κ1) is 16.9. The lowest BCUT2D eigenvalue weighted by molar-refractivity contribution is 0.0801. The molecular formula is C16H34N2O. The van der Waals surface area contributed by atoms with Crippen molar-refractivity contribution >= 4 is 0 Å². The van der Waals surface area contributed by atoms with Crippen LogP contribution in [0.5, 0.6) is 0 Å². The molecule has 0 aromatic heterocycles. The van der Waals surface area contributed by atoms with E-state index in [1.807, 2.05) is 0 Å². The Labute approximate surface area is 120 Å². The van der Waals surface area contributed by atoms with Gasteiger partial charge in [0.05, 0.1) is 6.61 Å². The van der Waals surface area contributed by atoms with Gasteiger partial charge in [0, 0.05) is 25.7 Å². The number of likely N-dealkylation sites (N-methyl/N-ethyl adjacent to an activating group) is 1. The highest BCUT2D eigenvalue weighted by atomic mass is 16.5. The summed E-state index contributed by atoms with van der Waals surface area (Å²) in [6, 6.07) is 1.19. The van der Waals surface area contributed by atoms with Gasteiger partial charge in [-0.3, -0.25) is 0 Å². The molecule has 0 aromatic carbocycles. The SMILES string of the molecule is CNC1CCC(C(C)C)CC1CN(C)C(C)COC. The van der Waals surface area contributed by atoms with E-state index in [0.717, 1.165) is 24.4 Å². The molecule has 0 saturated heterocycles. The van der Waals surface area contributed by atoms with E-state index in [2.05, 4.69) is 45.1 Å². The van der Waals surface area contributed by atoms with Crippen LogP contribution in [0.3, 0.4) is 0 Å². The van der Waals surface area contributed by atoms with Crippen LogP contribution in [0.25, 0.3) is 0 Å². The zero-order chi connectivity index (χ0) is 14.4. The number of rotatable bonds is 7. The van der Waals surface area contributed by atoms with Crippen LogP contribution in [0.1, 0.15) is 40.0 Å². The van der Waals surface area contributed by atoms with Gasteiger partial charge in [0.2, 0.25) is 0 Å². The Kier molecular flexibility index (Phi) is 7.33. The molecule has 1 fully saturated rings. The first-order valence-corrected chi connectivity index (χ1v) is 7.86. The molecule has 0 spiro atoms. The maximum absolute atomic E-state index is 5.27. The summed E-state index contributed by atoms with van der Waals surface area (Å²) in [5.74, 6) is 2.50. The summed E-state index contributed by atoms with van der Waals surface area (Å²) < 4.78 is 5.27. The highest BCUT2D eigenvalue weighted by Crippen LogP contribution is 2.34. The summed E-state index contributed by atoms with van der Waals surface area (Å²) in [5.41, 5.74) is 0. The van der Waals surface area contributed by atoms with Crippen LogP contribution in [0.2, 0.25) is 0 Å². The Bertz CT molecular complexity index is 245. The zero-order valence-electron chi connectivity index (χ0n) is 13.8. The standard InChI is InChI=1S/C16H34N2O/c1-12(2)14-7-8-16(17-4)15(9-14)10-18(5)13(3)11-19-6/h12-17H,7-11H2,1-6H3. The Balaban J connectivity index is 2.55. The molecule has 0 amide bonds. The van der Waals surface area contributed by atoms with Crippen molar-refractivity contribution in [3.8, 4) is 0 Å². The molecule has 1 rings (SSSR count). The predicted molar refractivity (Wildman–Crippen MR) is 82.5 cm³/mol. The van der Waals surface area contributed by atoms with Crippen LogP contribution < -0.4 is 5.32 Å². The molecule has 3 nitrogen and oxygen atoms in total. The average molecular weight is 270 g/mol. The molecule has 4 atom stereocenters. The summed E-state index contributed by atoms with van der Waals surface area (Å²) in [6.45, 7) is 9.00. The molecule has 0 bridgehead atoms. The van der Waals surface area contributed by atoms with E-state index in [-0.39, 0.29) is 0 Å². The fourth-order valence-corrected chi connectivity index (χ4v) is 3.41. The minimum atomic E-state index is 0.502. The van der Waals surface area contributed by atoms with Crippen molar-refractivity contribution in [1.29, 1.82) is 0 Å². The van der Waals surface area contributed by atoms with E-state index in [0.29, 0.717) is 12.1 Å². The molecule has 3 heteroatoms. The van der Waals surface area contributed by atoms with Crippen molar-refractivity contribution in [2.75, 3.05) is 34.4 Å². The monoisotopic (exact) mass is 270 g/mol. The maximum Gasteiger partial charge on any atom is 0.0615 e. The topological polar surface area (TPSA) is 24.5 Å². The molecule has 1 aliphatic carbocycles. The number of hydrogen-bond acceptors (Lipinski definition) is 3. The predicted octanol–water partition coefficient (Wildman–Crippen LogP) is 2.61. The van der Waals surface area contributed by atoms with Crippen LogP contribution in [0.15, 0.2) is 0 Å². The van der Waals surface area contributed by atoms with Crippen LogP contribution >= 0.6 is 0 Å². The van der Waals surface area contributed by atoms with Crippen molar-refractivity contribution in [2.24, 2.45) is 17.8 Å². The van der Waals surface area contributed by atoms with Gasteiger partial charge in [0.15, 0.2) is 0 Å². The Hall–Kier alpha value is -0.120. The van der Waals surface area contributed by atoms with Crippen molar-refractivity contribution in [3.63, 3.8) is 0 Å². The third-order valence-electron chi connectivity index (χ3n) is 5.02.